The summed E-state index contributed by atoms with van der Waals surface area (Å²) >= 11 is 1.83. The molecular formula is C26H30N2O6S. The minimum atomic E-state index is -1.26. The van der Waals surface area contributed by atoms with E-state index in [0.29, 0.717) is 12.2 Å². The van der Waals surface area contributed by atoms with Crippen LogP contribution in [0.15, 0.2) is 64.4 Å². The largest absolute Gasteiger partial charge is 0.497 e. The molecule has 2 aromatic rings. The first kappa shape index (κ1) is 26.3. The molecule has 4 rings (SSSR count). The van der Waals surface area contributed by atoms with Crippen molar-refractivity contribution in [2.75, 3.05) is 46.4 Å². The normalized spacial score (nSPS) is 15.3. The van der Waals surface area contributed by atoms with E-state index in [2.05, 4.69) is 52.3 Å². The Morgan fingerprint density at radius 3 is 2.31 bits per heavy atom. The number of nitrogens with zero attached hydrogens (tertiary/aromatic N) is 2. The van der Waals surface area contributed by atoms with Crippen molar-refractivity contribution in [1.82, 2.24) is 9.80 Å². The average molecular weight is 499 g/mol. The maximum Gasteiger partial charge on any atom is 0.328 e. The Morgan fingerprint density at radius 2 is 1.69 bits per heavy atom. The Kier molecular flexibility index (Phi) is 9.77. The molecule has 8 nitrogen and oxygen atoms in total. The molecule has 0 aliphatic carbocycles. The first-order valence-electron chi connectivity index (χ1n) is 11.3. The predicted octanol–water partition coefficient (Wildman–Crippen LogP) is 3.37. The van der Waals surface area contributed by atoms with Gasteiger partial charge in [-0.1, -0.05) is 30.0 Å². The van der Waals surface area contributed by atoms with Crippen LogP contribution in [0.5, 0.6) is 5.75 Å². The minimum Gasteiger partial charge on any atom is -0.497 e. The molecule has 0 aromatic heterocycles. The van der Waals surface area contributed by atoms with Crippen molar-refractivity contribution in [1.29, 1.82) is 0 Å². The second kappa shape index (κ2) is 13.0. The lowest BCUT2D eigenvalue weighted by Crippen LogP contribution is -2.45. The van der Waals surface area contributed by atoms with E-state index in [0.717, 1.165) is 44.9 Å². The number of methoxy groups -OCH3 is 1. The SMILES string of the molecule is COc1ccc2c(c1)C(N1CCN(CCCO)CC1)=Cc1ccccc1S2.O=C(O)/C=C/C(=O)O. The number of ether oxygens (including phenoxy) is 1. The van der Waals surface area contributed by atoms with Crippen molar-refractivity contribution in [3.63, 3.8) is 0 Å². The number of hydrogen-bond acceptors (Lipinski definition) is 7. The van der Waals surface area contributed by atoms with Gasteiger partial charge in [-0.2, -0.15) is 0 Å². The molecule has 0 saturated carbocycles. The Labute approximate surface area is 209 Å². The molecule has 9 heteroatoms. The summed E-state index contributed by atoms with van der Waals surface area (Å²) in [5.74, 6) is -1.62. The van der Waals surface area contributed by atoms with Gasteiger partial charge in [0.2, 0.25) is 0 Å². The van der Waals surface area contributed by atoms with Crippen LogP contribution in [-0.2, 0) is 9.59 Å². The number of piperazine rings is 1. The molecule has 2 aromatic carbocycles. The summed E-state index contributed by atoms with van der Waals surface area (Å²) < 4.78 is 5.51. The molecule has 3 N–H and O–H groups in total. The quantitative estimate of drug-likeness (QED) is 0.495. The third kappa shape index (κ3) is 7.61. The highest BCUT2D eigenvalue weighted by atomic mass is 32.2. The Hall–Kier alpha value is -3.27. The van der Waals surface area contributed by atoms with Gasteiger partial charge in [0.05, 0.1) is 7.11 Å². The van der Waals surface area contributed by atoms with E-state index in [1.165, 1.54) is 26.6 Å². The summed E-state index contributed by atoms with van der Waals surface area (Å²) in [4.78, 5) is 26.6. The lowest BCUT2D eigenvalue weighted by Gasteiger charge is -2.37. The van der Waals surface area contributed by atoms with Crippen LogP contribution in [0, 0.1) is 0 Å². The van der Waals surface area contributed by atoms with Crippen molar-refractivity contribution < 1.29 is 29.6 Å². The van der Waals surface area contributed by atoms with E-state index >= 15 is 0 Å². The van der Waals surface area contributed by atoms with E-state index in [1.54, 1.807) is 7.11 Å². The van der Waals surface area contributed by atoms with Crippen LogP contribution in [0.25, 0.3) is 11.8 Å². The average Bonchev–Trinajstić information content (AvgIpc) is 3.03. The van der Waals surface area contributed by atoms with E-state index in [9.17, 15) is 9.59 Å². The lowest BCUT2D eigenvalue weighted by molar-refractivity contribution is -0.134. The van der Waals surface area contributed by atoms with E-state index < -0.39 is 11.9 Å². The highest BCUT2D eigenvalue weighted by Crippen LogP contribution is 2.42. The molecule has 2 aliphatic rings. The monoisotopic (exact) mass is 498 g/mol. The molecule has 1 fully saturated rings. The molecule has 0 bridgehead atoms. The summed E-state index contributed by atoms with van der Waals surface area (Å²) in [6, 6.07) is 15.0. The van der Waals surface area contributed by atoms with Crippen LogP contribution in [-0.4, -0.2) is 83.5 Å². The Bertz CT molecular complexity index is 1080. The molecule has 35 heavy (non-hydrogen) atoms. The van der Waals surface area contributed by atoms with Gasteiger partial charge in [0.15, 0.2) is 0 Å². The lowest BCUT2D eigenvalue weighted by atomic mass is 10.1. The Morgan fingerprint density at radius 1 is 1.00 bits per heavy atom. The molecule has 2 aliphatic heterocycles. The Balaban J connectivity index is 0.000000371. The van der Waals surface area contributed by atoms with Crippen LogP contribution in [0.1, 0.15) is 17.5 Å². The number of fused-ring (bicyclic) bond motifs is 2. The van der Waals surface area contributed by atoms with E-state index in [4.69, 9.17) is 20.1 Å². The molecule has 186 valence electrons. The van der Waals surface area contributed by atoms with Crippen LogP contribution >= 0.6 is 11.8 Å². The summed E-state index contributed by atoms with van der Waals surface area (Å²) in [5, 5.41) is 24.7. The number of aliphatic carboxylic acids is 2. The summed E-state index contributed by atoms with van der Waals surface area (Å²) in [6.45, 7) is 5.32. The summed E-state index contributed by atoms with van der Waals surface area (Å²) in [7, 11) is 1.73. The second-order valence-corrected chi connectivity index (χ2v) is 9.03. The van der Waals surface area contributed by atoms with Crippen molar-refractivity contribution in [3.8, 4) is 5.75 Å². The molecule has 0 radical (unpaired) electrons. The fourth-order valence-electron chi connectivity index (χ4n) is 3.87. The van der Waals surface area contributed by atoms with Crippen molar-refractivity contribution in [2.24, 2.45) is 0 Å². The van der Waals surface area contributed by atoms with Crippen LogP contribution in [0.4, 0.5) is 0 Å². The molecule has 0 unspecified atom stereocenters. The van der Waals surface area contributed by atoms with Crippen LogP contribution < -0.4 is 4.74 Å². The molecule has 1 saturated heterocycles. The zero-order chi connectivity index (χ0) is 25.2. The fraction of sp³-hybridized carbons (Fsp3) is 0.308. The first-order valence-corrected chi connectivity index (χ1v) is 12.1. The number of aliphatic hydroxyl groups excluding tert-OH is 1. The molecule has 0 spiro atoms. The van der Waals surface area contributed by atoms with E-state index in [-0.39, 0.29) is 6.61 Å². The van der Waals surface area contributed by atoms with Crippen molar-refractivity contribution in [2.45, 2.75) is 16.2 Å². The smallest absolute Gasteiger partial charge is 0.328 e. The number of hydrogen-bond donors (Lipinski definition) is 3. The topological polar surface area (TPSA) is 111 Å². The third-order valence-electron chi connectivity index (χ3n) is 5.61. The maximum absolute atomic E-state index is 9.55. The highest BCUT2D eigenvalue weighted by molar-refractivity contribution is 7.99. The molecule has 0 amide bonds. The van der Waals surface area contributed by atoms with Crippen LogP contribution in [0.2, 0.25) is 0 Å². The third-order valence-corrected chi connectivity index (χ3v) is 6.78. The summed E-state index contributed by atoms with van der Waals surface area (Å²) in [5.41, 5.74) is 3.80. The second-order valence-electron chi connectivity index (χ2n) is 7.95. The van der Waals surface area contributed by atoms with Gasteiger partial charge in [0.25, 0.3) is 0 Å². The number of aliphatic hydroxyl groups is 1. The summed E-state index contributed by atoms with van der Waals surface area (Å²) in [6.07, 6.45) is 4.30. The van der Waals surface area contributed by atoms with Gasteiger partial charge in [-0.25, -0.2) is 9.59 Å². The fourth-order valence-corrected chi connectivity index (χ4v) is 4.91. The van der Waals surface area contributed by atoms with E-state index in [1.807, 2.05) is 17.8 Å². The number of benzene rings is 2. The number of carbonyl (C=O) groups is 2. The van der Waals surface area contributed by atoms with Crippen LogP contribution in [0.3, 0.4) is 0 Å². The zero-order valence-electron chi connectivity index (χ0n) is 19.6. The maximum atomic E-state index is 9.55. The highest BCUT2D eigenvalue weighted by Gasteiger charge is 2.24. The van der Waals surface area contributed by atoms with Gasteiger partial charge in [-0.3, -0.25) is 4.90 Å². The van der Waals surface area contributed by atoms with Crippen molar-refractivity contribution in [3.05, 3.63) is 65.7 Å². The zero-order valence-corrected chi connectivity index (χ0v) is 20.4. The predicted molar refractivity (Wildman–Crippen MR) is 136 cm³/mol. The molecule has 2 heterocycles. The van der Waals surface area contributed by atoms with Gasteiger partial charge in [-0.05, 0) is 42.3 Å². The number of carboxylic acid groups (broad SMARTS) is 2. The van der Waals surface area contributed by atoms with Gasteiger partial charge in [0.1, 0.15) is 5.75 Å². The van der Waals surface area contributed by atoms with Gasteiger partial charge in [0, 0.05) is 72.5 Å². The number of rotatable bonds is 7. The van der Waals surface area contributed by atoms with Crippen molar-refractivity contribution >= 4 is 35.5 Å². The van der Waals surface area contributed by atoms with Gasteiger partial charge in [-0.15, -0.1) is 0 Å². The molecule has 0 atom stereocenters. The first-order chi connectivity index (χ1) is 16.9. The minimum absolute atomic E-state index is 0.270. The standard InChI is InChI=1S/C22H26N2O2S.C4H4O4/c1-26-18-7-8-22-19(16-18)20(15-17-5-2-3-6-21(17)27-22)24-12-10-23(11-13-24)9-4-14-25;5-3(6)1-2-4(7)8/h2-3,5-8,15-16,25H,4,9-14H2,1H3;1-2H,(H,5,6)(H,7,8)/b;2-1+. The number of carboxylic acids is 2. The van der Waals surface area contributed by atoms with Gasteiger partial charge < -0.3 is 25.0 Å². The molecular weight excluding hydrogens is 468 g/mol. The van der Waals surface area contributed by atoms with Gasteiger partial charge >= 0.3 is 11.9 Å².